The normalized spacial score (nSPS) is 16.6. The molecule has 1 saturated heterocycles. The number of hydrogen-bond donors (Lipinski definition) is 1. The average Bonchev–Trinajstić information content (AvgIpc) is 3.38. The molecule has 1 fully saturated rings. The Kier molecular flexibility index (Phi) is 4.86. The van der Waals surface area contributed by atoms with Gasteiger partial charge in [-0.15, -0.1) is 0 Å². The molecule has 2 aromatic heterocycles. The van der Waals surface area contributed by atoms with Crippen LogP contribution in [-0.4, -0.2) is 40.5 Å². The van der Waals surface area contributed by atoms with Crippen LogP contribution in [0, 0.1) is 0 Å². The second-order valence-electron chi connectivity index (χ2n) is 6.53. The van der Waals surface area contributed by atoms with Gasteiger partial charge >= 0.3 is 0 Å². The molecule has 8 heteroatoms. The third kappa shape index (κ3) is 3.43. The molecular weight excluding hydrogens is 366 g/mol. The predicted octanol–water partition coefficient (Wildman–Crippen LogP) is 2.66. The first-order valence-electron chi connectivity index (χ1n) is 8.87. The maximum Gasteiger partial charge on any atom is 0.243 e. The average molecular weight is 387 g/mol. The van der Waals surface area contributed by atoms with E-state index in [9.17, 15) is 13.5 Å². The van der Waals surface area contributed by atoms with Crippen LogP contribution >= 0.6 is 0 Å². The van der Waals surface area contributed by atoms with E-state index in [0.717, 1.165) is 0 Å². The summed E-state index contributed by atoms with van der Waals surface area (Å²) in [6.45, 7) is 0.759. The molecule has 0 saturated carbocycles. The minimum atomic E-state index is -3.45. The number of nitrogens with zero attached hydrogens (tertiary/aromatic N) is 3. The van der Waals surface area contributed by atoms with Gasteiger partial charge in [0.25, 0.3) is 0 Å². The highest BCUT2D eigenvalue weighted by molar-refractivity contribution is 7.89. The van der Waals surface area contributed by atoms with E-state index in [1.165, 1.54) is 0 Å². The second-order valence-corrected chi connectivity index (χ2v) is 8.47. The van der Waals surface area contributed by atoms with Crippen molar-refractivity contribution in [2.75, 3.05) is 13.1 Å². The molecule has 27 heavy (non-hydrogen) atoms. The van der Waals surface area contributed by atoms with Crippen molar-refractivity contribution in [3.05, 3.63) is 60.6 Å². The zero-order valence-electron chi connectivity index (χ0n) is 14.7. The zero-order chi connectivity index (χ0) is 18.9. The van der Waals surface area contributed by atoms with Gasteiger partial charge in [0.2, 0.25) is 10.0 Å². The van der Waals surface area contributed by atoms with Gasteiger partial charge < -0.3 is 14.1 Å². The molecular formula is C19H21N3O4S. The van der Waals surface area contributed by atoms with Crippen molar-refractivity contribution in [2.45, 2.75) is 30.4 Å². The van der Waals surface area contributed by atoms with Crippen molar-refractivity contribution >= 4 is 10.0 Å². The summed E-state index contributed by atoms with van der Waals surface area (Å²) in [5, 5.41) is 9.18. The highest BCUT2D eigenvalue weighted by Crippen LogP contribution is 2.31. The minimum absolute atomic E-state index is 0.146. The number of aliphatic hydroxyl groups is 1. The lowest BCUT2D eigenvalue weighted by Crippen LogP contribution is -2.39. The fourth-order valence-electron chi connectivity index (χ4n) is 3.48. The quantitative estimate of drug-likeness (QED) is 0.727. The van der Waals surface area contributed by atoms with Crippen LogP contribution in [0.1, 0.15) is 24.6 Å². The van der Waals surface area contributed by atoms with Gasteiger partial charge in [-0.1, -0.05) is 18.2 Å². The summed E-state index contributed by atoms with van der Waals surface area (Å²) in [5.74, 6) is 1.78. The van der Waals surface area contributed by atoms with Crippen molar-refractivity contribution in [1.29, 1.82) is 0 Å². The Labute approximate surface area is 157 Å². The Hall–Kier alpha value is -2.42. The third-order valence-electron chi connectivity index (χ3n) is 4.90. The predicted molar refractivity (Wildman–Crippen MR) is 99.3 cm³/mol. The molecule has 0 bridgehead atoms. The second kappa shape index (κ2) is 7.30. The number of piperidine rings is 1. The molecule has 0 unspecified atom stereocenters. The Morgan fingerprint density at radius 3 is 2.52 bits per heavy atom. The molecule has 1 N–H and O–H groups in total. The third-order valence-corrected chi connectivity index (χ3v) is 6.82. The van der Waals surface area contributed by atoms with Crippen molar-refractivity contribution in [1.82, 2.24) is 13.9 Å². The fourth-order valence-corrected chi connectivity index (χ4v) is 4.97. The van der Waals surface area contributed by atoms with Crippen molar-refractivity contribution in [3.63, 3.8) is 0 Å². The van der Waals surface area contributed by atoms with E-state index in [2.05, 4.69) is 4.98 Å². The van der Waals surface area contributed by atoms with Crippen LogP contribution in [0.15, 0.2) is 64.2 Å². The number of benzene rings is 1. The molecule has 0 spiro atoms. The molecule has 0 amide bonds. The topological polar surface area (TPSA) is 88.6 Å². The molecule has 1 aliphatic heterocycles. The number of hydrogen-bond acceptors (Lipinski definition) is 5. The molecule has 3 heterocycles. The van der Waals surface area contributed by atoms with Crippen LogP contribution in [0.2, 0.25) is 0 Å². The lowest BCUT2D eigenvalue weighted by atomic mass is 10.1. The molecule has 1 aliphatic rings. The highest BCUT2D eigenvalue weighted by Gasteiger charge is 2.30. The first-order valence-corrected chi connectivity index (χ1v) is 10.3. The molecule has 0 atom stereocenters. The van der Waals surface area contributed by atoms with Gasteiger partial charge in [-0.3, -0.25) is 0 Å². The molecule has 4 rings (SSSR count). The standard InChI is InChI=1S/C19H21N3O4S/c23-14-16-6-7-18(26-16)19-20-10-13-22(19)15-8-11-21(12-9-15)27(24,25)17-4-2-1-3-5-17/h1-7,10,13,15,23H,8-9,11-12,14H2. The summed E-state index contributed by atoms with van der Waals surface area (Å²) >= 11 is 0. The first kappa shape index (κ1) is 18.0. The summed E-state index contributed by atoms with van der Waals surface area (Å²) in [6.07, 6.45) is 5.00. The lowest BCUT2D eigenvalue weighted by molar-refractivity contribution is 0.247. The Balaban J connectivity index is 1.50. The Morgan fingerprint density at radius 2 is 1.85 bits per heavy atom. The van der Waals surface area contributed by atoms with E-state index < -0.39 is 10.0 Å². The molecule has 0 aliphatic carbocycles. The summed E-state index contributed by atoms with van der Waals surface area (Å²) < 4.78 is 34.7. The monoisotopic (exact) mass is 387 g/mol. The van der Waals surface area contributed by atoms with Gasteiger partial charge in [-0.2, -0.15) is 4.31 Å². The number of aliphatic hydroxyl groups excluding tert-OH is 1. The largest absolute Gasteiger partial charge is 0.455 e. The van der Waals surface area contributed by atoms with E-state index in [0.29, 0.717) is 48.2 Å². The van der Waals surface area contributed by atoms with E-state index in [1.54, 1.807) is 46.9 Å². The fraction of sp³-hybridized carbons (Fsp3) is 0.316. The summed E-state index contributed by atoms with van der Waals surface area (Å²) in [7, 11) is -3.45. The Morgan fingerprint density at radius 1 is 1.11 bits per heavy atom. The maximum absolute atomic E-state index is 12.8. The molecule has 3 aromatic rings. The lowest BCUT2D eigenvalue weighted by Gasteiger charge is -2.32. The van der Waals surface area contributed by atoms with Gasteiger partial charge in [0.05, 0.1) is 4.90 Å². The zero-order valence-corrected chi connectivity index (χ0v) is 15.5. The van der Waals surface area contributed by atoms with Crippen LogP contribution in [0.3, 0.4) is 0 Å². The van der Waals surface area contributed by atoms with Gasteiger partial charge in [-0.25, -0.2) is 13.4 Å². The van der Waals surface area contributed by atoms with Crippen LogP contribution in [0.25, 0.3) is 11.6 Å². The number of imidazole rings is 1. The van der Waals surface area contributed by atoms with Gasteiger partial charge in [0, 0.05) is 31.5 Å². The maximum atomic E-state index is 12.8. The number of sulfonamides is 1. The molecule has 7 nitrogen and oxygen atoms in total. The Bertz CT molecular complexity index is 1000. The highest BCUT2D eigenvalue weighted by atomic mass is 32.2. The minimum Gasteiger partial charge on any atom is -0.455 e. The molecule has 142 valence electrons. The van der Waals surface area contributed by atoms with Crippen molar-refractivity contribution in [2.24, 2.45) is 0 Å². The van der Waals surface area contributed by atoms with Crippen molar-refractivity contribution in [3.8, 4) is 11.6 Å². The summed E-state index contributed by atoms with van der Waals surface area (Å²) in [6, 6.07) is 12.2. The molecule has 0 radical (unpaired) electrons. The van der Waals surface area contributed by atoms with Gasteiger partial charge in [0.1, 0.15) is 12.4 Å². The van der Waals surface area contributed by atoms with Crippen LogP contribution < -0.4 is 0 Å². The summed E-state index contributed by atoms with van der Waals surface area (Å²) in [4.78, 5) is 4.71. The van der Waals surface area contributed by atoms with Crippen LogP contribution in [0.4, 0.5) is 0 Å². The van der Waals surface area contributed by atoms with E-state index in [1.807, 2.05) is 16.8 Å². The van der Waals surface area contributed by atoms with Gasteiger partial charge in [0.15, 0.2) is 11.6 Å². The van der Waals surface area contributed by atoms with E-state index >= 15 is 0 Å². The smallest absolute Gasteiger partial charge is 0.243 e. The van der Waals surface area contributed by atoms with Crippen LogP contribution in [0.5, 0.6) is 0 Å². The summed E-state index contributed by atoms with van der Waals surface area (Å²) in [5.41, 5.74) is 0. The molecule has 1 aromatic carbocycles. The van der Waals surface area contributed by atoms with E-state index in [-0.39, 0.29) is 12.6 Å². The van der Waals surface area contributed by atoms with Crippen molar-refractivity contribution < 1.29 is 17.9 Å². The van der Waals surface area contributed by atoms with Crippen LogP contribution in [-0.2, 0) is 16.6 Å². The number of rotatable bonds is 5. The van der Waals surface area contributed by atoms with Gasteiger partial charge in [-0.05, 0) is 37.1 Å². The SMILES string of the molecule is O=S(=O)(c1ccccc1)N1CCC(n2ccnc2-c2ccc(CO)o2)CC1. The first-order chi connectivity index (χ1) is 13.1. The number of aromatic nitrogens is 2. The van der Waals surface area contributed by atoms with E-state index in [4.69, 9.17) is 4.42 Å². The number of furan rings is 1.